The van der Waals surface area contributed by atoms with Crippen LogP contribution in [-0.4, -0.2) is 24.5 Å². The van der Waals surface area contributed by atoms with Crippen LogP contribution in [0.15, 0.2) is 150 Å². The van der Waals surface area contributed by atoms with E-state index in [1.54, 1.807) is 11.3 Å². The molecule has 11 rings (SSSR count). The molecule has 250 valence electrons. The predicted octanol–water partition coefficient (Wildman–Crippen LogP) is 10.1. The number of hydrogen-bond acceptors (Lipinski definition) is 6. The Morgan fingerprint density at radius 3 is 2.15 bits per heavy atom. The number of benzene rings is 6. The van der Waals surface area contributed by atoms with Gasteiger partial charge < -0.3 is 4.42 Å². The van der Waals surface area contributed by atoms with Gasteiger partial charge >= 0.3 is 0 Å². The number of thiophene rings is 1. The van der Waals surface area contributed by atoms with Gasteiger partial charge in [0.2, 0.25) is 0 Å². The Balaban J connectivity index is 1.10. The summed E-state index contributed by atoms with van der Waals surface area (Å²) in [5, 5.41) is 4.47. The standard InChI is InChI=1S/C46H29N5OS/c1-3-13-28(14-4-1)43-48-44(33-19-12-24-39-41(33)32-17-7-10-23-38(32)52-39)50-45(49-43)34-20-11-18-31-35-27-29(25-26-40(35)53-42(31)34)46-47-36-21-8-9-22-37(36)51(46)30-15-5-2-6-16-30/h1-24,26-27,29H,25H2. The lowest BCUT2D eigenvalue weighted by atomic mass is 9.97. The van der Waals surface area contributed by atoms with Crippen molar-refractivity contribution in [2.75, 3.05) is 0 Å². The summed E-state index contributed by atoms with van der Waals surface area (Å²) in [5.41, 5.74) is 7.72. The van der Waals surface area contributed by atoms with Crippen LogP contribution in [-0.2, 0) is 0 Å². The van der Waals surface area contributed by atoms with Gasteiger partial charge in [0.25, 0.3) is 0 Å². The van der Waals surface area contributed by atoms with Gasteiger partial charge in [-0.05, 0) is 54.1 Å². The van der Waals surface area contributed by atoms with E-state index in [0.717, 1.165) is 72.3 Å². The van der Waals surface area contributed by atoms with Crippen LogP contribution >= 0.6 is 11.3 Å². The average molecular weight is 700 g/mol. The number of furan rings is 1. The van der Waals surface area contributed by atoms with E-state index < -0.39 is 0 Å². The molecule has 7 heteroatoms. The van der Waals surface area contributed by atoms with Gasteiger partial charge in [-0.1, -0.05) is 115 Å². The third-order valence-corrected chi connectivity index (χ3v) is 11.4. The minimum atomic E-state index is 0.107. The van der Waals surface area contributed by atoms with E-state index >= 15 is 0 Å². The van der Waals surface area contributed by atoms with Crippen molar-refractivity contribution in [3.63, 3.8) is 0 Å². The quantitative estimate of drug-likeness (QED) is 0.179. The summed E-state index contributed by atoms with van der Waals surface area (Å²) in [6.07, 6.45) is 5.65. The van der Waals surface area contributed by atoms with Crippen LogP contribution in [0.5, 0.6) is 0 Å². The fraction of sp³-hybridized carbons (Fsp3) is 0.0435. The normalized spacial score (nSPS) is 14.1. The maximum Gasteiger partial charge on any atom is 0.165 e. The minimum Gasteiger partial charge on any atom is -0.456 e. The molecule has 1 aliphatic carbocycles. The molecular formula is C46H29N5OS. The molecule has 0 N–H and O–H groups in total. The largest absolute Gasteiger partial charge is 0.456 e. The predicted molar refractivity (Wildman–Crippen MR) is 215 cm³/mol. The van der Waals surface area contributed by atoms with Crippen LogP contribution in [0.25, 0.3) is 95.1 Å². The Bertz CT molecular complexity index is 3160. The molecule has 0 saturated heterocycles. The monoisotopic (exact) mass is 699 g/mol. The molecule has 0 radical (unpaired) electrons. The molecule has 1 aliphatic rings. The first-order valence-electron chi connectivity index (χ1n) is 17.8. The van der Waals surface area contributed by atoms with E-state index in [-0.39, 0.29) is 5.92 Å². The summed E-state index contributed by atoms with van der Waals surface area (Å²) in [6, 6.07) is 49.8. The van der Waals surface area contributed by atoms with Crippen molar-refractivity contribution in [2.24, 2.45) is 0 Å². The van der Waals surface area contributed by atoms with E-state index in [0.29, 0.717) is 17.5 Å². The molecule has 10 aromatic rings. The second kappa shape index (κ2) is 11.9. The fourth-order valence-electron chi connectivity index (χ4n) is 7.78. The number of fused-ring (bicyclic) bond motifs is 7. The lowest BCUT2D eigenvalue weighted by Gasteiger charge is -2.16. The van der Waals surface area contributed by atoms with Gasteiger partial charge in [0.15, 0.2) is 17.5 Å². The van der Waals surface area contributed by atoms with E-state index in [4.69, 9.17) is 24.4 Å². The fourth-order valence-corrected chi connectivity index (χ4v) is 9.02. The molecule has 4 heterocycles. The Labute approximate surface area is 307 Å². The number of nitrogens with zero attached hydrogens (tertiary/aromatic N) is 5. The van der Waals surface area contributed by atoms with Crippen molar-refractivity contribution < 1.29 is 4.42 Å². The Kier molecular flexibility index (Phi) is 6.75. The van der Waals surface area contributed by atoms with Crippen molar-refractivity contribution in [1.82, 2.24) is 24.5 Å². The first-order valence-corrected chi connectivity index (χ1v) is 18.6. The van der Waals surface area contributed by atoms with Gasteiger partial charge in [0, 0.05) is 53.7 Å². The van der Waals surface area contributed by atoms with Gasteiger partial charge in [-0.15, -0.1) is 11.3 Å². The Morgan fingerprint density at radius 2 is 1.26 bits per heavy atom. The first kappa shape index (κ1) is 30.0. The highest BCUT2D eigenvalue weighted by molar-refractivity contribution is 7.17. The van der Waals surface area contributed by atoms with E-state index in [1.807, 2.05) is 60.7 Å². The van der Waals surface area contributed by atoms with Crippen molar-refractivity contribution in [3.8, 4) is 39.9 Å². The second-order valence-electron chi connectivity index (χ2n) is 13.4. The highest BCUT2D eigenvalue weighted by Crippen LogP contribution is 2.38. The molecule has 1 unspecified atom stereocenters. The number of aromatic nitrogens is 5. The molecule has 0 spiro atoms. The molecule has 0 saturated carbocycles. The topological polar surface area (TPSA) is 69.6 Å². The lowest BCUT2D eigenvalue weighted by Crippen LogP contribution is -2.24. The van der Waals surface area contributed by atoms with Crippen molar-refractivity contribution in [1.29, 1.82) is 0 Å². The van der Waals surface area contributed by atoms with Gasteiger partial charge in [-0.2, -0.15) is 0 Å². The molecular weight excluding hydrogens is 671 g/mol. The lowest BCUT2D eigenvalue weighted by molar-refractivity contribution is 0.669. The van der Waals surface area contributed by atoms with Gasteiger partial charge in [0.1, 0.15) is 17.0 Å². The smallest absolute Gasteiger partial charge is 0.165 e. The minimum absolute atomic E-state index is 0.107. The molecule has 0 fully saturated rings. The highest BCUT2D eigenvalue weighted by Gasteiger charge is 2.23. The van der Waals surface area contributed by atoms with Crippen LogP contribution in [0.3, 0.4) is 0 Å². The Hall–Kier alpha value is -6.70. The third-order valence-electron chi connectivity index (χ3n) is 10.2. The van der Waals surface area contributed by atoms with E-state index in [2.05, 4.69) is 102 Å². The second-order valence-corrected chi connectivity index (χ2v) is 14.4. The summed E-state index contributed by atoms with van der Waals surface area (Å²) in [5.74, 6) is 3.04. The van der Waals surface area contributed by atoms with Crippen molar-refractivity contribution >= 4 is 66.5 Å². The molecule has 0 bridgehead atoms. The maximum atomic E-state index is 6.26. The summed E-state index contributed by atoms with van der Waals surface area (Å²) >= 11 is 1.80. The molecule has 6 aromatic carbocycles. The number of imidazole rings is 1. The van der Waals surface area contributed by atoms with Crippen molar-refractivity contribution in [3.05, 3.63) is 161 Å². The molecule has 1 atom stereocenters. The van der Waals surface area contributed by atoms with Crippen molar-refractivity contribution in [2.45, 2.75) is 12.3 Å². The summed E-state index contributed by atoms with van der Waals surface area (Å²) < 4.78 is 11.0. The summed E-state index contributed by atoms with van der Waals surface area (Å²) in [6.45, 7) is 0. The van der Waals surface area contributed by atoms with Crippen LogP contribution in [0, 0.1) is 0 Å². The number of hydrogen-bond donors (Lipinski definition) is 0. The van der Waals surface area contributed by atoms with E-state index in [9.17, 15) is 0 Å². The zero-order chi connectivity index (χ0) is 34.9. The molecule has 0 aliphatic heterocycles. The van der Waals surface area contributed by atoms with Crippen LogP contribution in [0.4, 0.5) is 0 Å². The van der Waals surface area contributed by atoms with Crippen LogP contribution in [0.1, 0.15) is 18.2 Å². The highest BCUT2D eigenvalue weighted by atomic mass is 32.1. The molecule has 53 heavy (non-hydrogen) atoms. The molecule has 6 nitrogen and oxygen atoms in total. The van der Waals surface area contributed by atoms with Crippen LogP contribution in [0.2, 0.25) is 0 Å². The molecule has 0 amide bonds. The number of rotatable bonds is 5. The summed E-state index contributed by atoms with van der Waals surface area (Å²) in [4.78, 5) is 20.7. The molecule has 4 aromatic heterocycles. The maximum absolute atomic E-state index is 6.26. The van der Waals surface area contributed by atoms with Gasteiger partial charge in [-0.25, -0.2) is 19.9 Å². The Morgan fingerprint density at radius 1 is 0.585 bits per heavy atom. The van der Waals surface area contributed by atoms with E-state index in [1.165, 1.54) is 15.1 Å². The average Bonchev–Trinajstić information content (AvgIpc) is 3.92. The number of para-hydroxylation sites is 4. The van der Waals surface area contributed by atoms with Gasteiger partial charge in [-0.3, -0.25) is 4.57 Å². The van der Waals surface area contributed by atoms with Crippen LogP contribution < -0.4 is 9.75 Å². The first-order chi connectivity index (χ1) is 26.3. The summed E-state index contributed by atoms with van der Waals surface area (Å²) in [7, 11) is 0. The zero-order valence-corrected chi connectivity index (χ0v) is 29.2. The van der Waals surface area contributed by atoms with Gasteiger partial charge in [0.05, 0.1) is 11.0 Å². The SMILES string of the molecule is C1=c2sc3c(-c4nc(-c5ccccc5)nc(-c5cccc6oc7ccccc7c56)n4)cccc3c2=CC(c2nc3ccccc3n2-c2ccccc2)C1. The third kappa shape index (κ3) is 4.85. The zero-order valence-electron chi connectivity index (χ0n) is 28.3.